The normalized spacial score (nSPS) is 18.0. The molecule has 0 bridgehead atoms. The van der Waals surface area contributed by atoms with Gasteiger partial charge in [-0.15, -0.1) is 0 Å². The Morgan fingerprint density at radius 3 is 2.13 bits per heavy atom. The molecule has 1 atom stereocenters. The van der Waals surface area contributed by atoms with Gasteiger partial charge < -0.3 is 14.0 Å². The van der Waals surface area contributed by atoms with Gasteiger partial charge in [0, 0.05) is 62.8 Å². The maximum Gasteiger partial charge on any atom is 0.253 e. The fraction of sp³-hybridized carbons (Fsp3) is 0.486. The van der Waals surface area contributed by atoms with Gasteiger partial charge in [0.25, 0.3) is 5.56 Å². The summed E-state index contributed by atoms with van der Waals surface area (Å²) in [5, 5.41) is 0. The number of nitrogens with zero attached hydrogens (tertiary/aromatic N) is 4. The third-order valence-corrected chi connectivity index (χ3v) is 11.4. The fourth-order valence-electron chi connectivity index (χ4n) is 6.45. The summed E-state index contributed by atoms with van der Waals surface area (Å²) in [5.41, 5.74) is 6.99. The number of rotatable bonds is 7. The first-order valence-corrected chi connectivity index (χ1v) is 16.9. The number of piperazine rings is 1. The van der Waals surface area contributed by atoms with E-state index in [2.05, 4.69) is 25.7 Å². The number of hydrogen-bond donors (Lipinski definition) is 0. The van der Waals surface area contributed by atoms with Crippen LogP contribution in [0.3, 0.4) is 0 Å². The molecule has 2 aliphatic rings. The summed E-state index contributed by atoms with van der Waals surface area (Å²) in [7, 11) is 1.35. The highest BCUT2D eigenvalue weighted by molar-refractivity contribution is 7.89. The molecule has 1 unspecified atom stereocenters. The molecule has 0 radical (unpaired) electrons. The van der Waals surface area contributed by atoms with Crippen molar-refractivity contribution in [2.75, 3.05) is 40.4 Å². The number of aliphatic imine (C=N–C) groups is 1. The lowest BCUT2D eigenvalue weighted by Gasteiger charge is -2.36. The van der Waals surface area contributed by atoms with Gasteiger partial charge in [-0.3, -0.25) is 14.7 Å². The molecule has 3 aromatic rings. The van der Waals surface area contributed by atoms with E-state index in [1.165, 1.54) is 0 Å². The van der Waals surface area contributed by atoms with E-state index in [-0.39, 0.29) is 17.0 Å². The van der Waals surface area contributed by atoms with Crippen LogP contribution in [0, 0.1) is 19.3 Å². The van der Waals surface area contributed by atoms with Gasteiger partial charge in [-0.2, -0.15) is 4.31 Å². The Kier molecular flexibility index (Phi) is 9.05. The van der Waals surface area contributed by atoms with Crippen LogP contribution in [0.1, 0.15) is 55.5 Å². The van der Waals surface area contributed by atoms with Crippen molar-refractivity contribution in [3.8, 4) is 22.6 Å². The quantitative estimate of drug-likeness (QED) is 0.364. The Bertz CT molecular complexity index is 1790. The second-order valence-corrected chi connectivity index (χ2v) is 15.2. The van der Waals surface area contributed by atoms with E-state index in [4.69, 9.17) is 14.5 Å². The van der Waals surface area contributed by atoms with Gasteiger partial charge in [-0.1, -0.05) is 32.9 Å². The molecular formula is C35H46N4O5S. The third kappa shape index (κ3) is 6.20. The first kappa shape index (κ1) is 32.9. The molecule has 3 heterocycles. The number of pyridine rings is 1. The van der Waals surface area contributed by atoms with E-state index < -0.39 is 10.0 Å². The Hall–Kier alpha value is -3.47. The van der Waals surface area contributed by atoms with Crippen LogP contribution in [-0.4, -0.2) is 74.3 Å². The van der Waals surface area contributed by atoms with Crippen LogP contribution < -0.4 is 15.0 Å². The van der Waals surface area contributed by atoms with Crippen molar-refractivity contribution < 1.29 is 17.9 Å². The smallest absolute Gasteiger partial charge is 0.253 e. The van der Waals surface area contributed by atoms with Gasteiger partial charge in [0.2, 0.25) is 10.0 Å². The number of aryl methyl sites for hydroxylation is 1. The van der Waals surface area contributed by atoms with Crippen molar-refractivity contribution in [1.29, 1.82) is 0 Å². The van der Waals surface area contributed by atoms with Gasteiger partial charge >= 0.3 is 0 Å². The first-order valence-electron chi connectivity index (χ1n) is 15.5. The minimum Gasteiger partial charge on any atom is -0.496 e. The summed E-state index contributed by atoms with van der Waals surface area (Å²) in [6, 6.07) is 9.56. The van der Waals surface area contributed by atoms with E-state index in [0.717, 1.165) is 39.1 Å². The number of hydrogen-bond acceptors (Lipinski definition) is 7. The molecule has 242 valence electrons. The molecule has 9 nitrogen and oxygen atoms in total. The van der Waals surface area contributed by atoms with Crippen molar-refractivity contribution in [1.82, 2.24) is 13.8 Å². The second kappa shape index (κ2) is 12.4. The molecule has 2 aromatic carbocycles. The zero-order valence-corrected chi connectivity index (χ0v) is 28.8. The Balaban J connectivity index is 1.37. The SMILES string of the molecule is COc1cc(-c2cn(C)c(=O)c(C)c2C)cc(OC)c1CN1CCN(S(=O)(=O)c2cccc3c2CC(C(C)(C)C)N=C3C)CC1. The summed E-state index contributed by atoms with van der Waals surface area (Å²) in [5.74, 6) is 1.37. The molecule has 0 amide bonds. The number of methoxy groups -OCH3 is 2. The standard InChI is InChI=1S/C35H46N4O5S/c1-22-23(2)34(40)37(7)20-28(22)25-17-30(43-8)29(31(18-25)44-9)21-38-13-15-39(16-14-38)45(41,42)32-12-10-11-26-24(3)36-33(19-27(26)32)35(4,5)6/h10-12,17-18,20,33H,13-16,19,21H2,1-9H3. The number of benzene rings is 2. The Morgan fingerprint density at radius 1 is 0.933 bits per heavy atom. The molecule has 45 heavy (non-hydrogen) atoms. The number of fused-ring (bicyclic) bond motifs is 1. The zero-order chi connectivity index (χ0) is 32.8. The average Bonchev–Trinajstić information content (AvgIpc) is 3.01. The molecule has 1 aromatic heterocycles. The lowest BCUT2D eigenvalue weighted by Crippen LogP contribution is -2.48. The Labute approximate surface area is 267 Å². The molecular weight excluding hydrogens is 588 g/mol. The van der Waals surface area contributed by atoms with Gasteiger partial charge in [-0.05, 0) is 73.1 Å². The minimum absolute atomic E-state index is 0.0156. The predicted octanol–water partition coefficient (Wildman–Crippen LogP) is 4.97. The maximum absolute atomic E-state index is 14.1. The number of ether oxygens (including phenoxy) is 2. The van der Waals surface area contributed by atoms with Gasteiger partial charge in [0.05, 0.1) is 30.7 Å². The van der Waals surface area contributed by atoms with Gasteiger partial charge in [0.15, 0.2) is 0 Å². The van der Waals surface area contributed by atoms with E-state index in [1.54, 1.807) is 36.2 Å². The third-order valence-electron chi connectivity index (χ3n) is 9.45. The molecule has 0 aliphatic carbocycles. The van der Waals surface area contributed by atoms with Crippen molar-refractivity contribution in [3.05, 3.63) is 74.7 Å². The van der Waals surface area contributed by atoms with E-state index in [1.807, 2.05) is 51.2 Å². The molecule has 0 saturated carbocycles. The maximum atomic E-state index is 14.1. The molecule has 5 rings (SSSR count). The summed E-state index contributed by atoms with van der Waals surface area (Å²) >= 11 is 0. The highest BCUT2D eigenvalue weighted by atomic mass is 32.2. The predicted molar refractivity (Wildman–Crippen MR) is 179 cm³/mol. The highest BCUT2D eigenvalue weighted by Crippen LogP contribution is 2.38. The van der Waals surface area contributed by atoms with Crippen LogP contribution in [0.2, 0.25) is 0 Å². The van der Waals surface area contributed by atoms with Crippen LogP contribution in [0.15, 0.2) is 51.2 Å². The highest BCUT2D eigenvalue weighted by Gasteiger charge is 2.36. The lowest BCUT2D eigenvalue weighted by molar-refractivity contribution is 0.178. The summed E-state index contributed by atoms with van der Waals surface area (Å²) in [6.07, 6.45) is 2.46. The van der Waals surface area contributed by atoms with Gasteiger partial charge in [-0.25, -0.2) is 8.42 Å². The van der Waals surface area contributed by atoms with Crippen LogP contribution in [0.5, 0.6) is 11.5 Å². The summed E-state index contributed by atoms with van der Waals surface area (Å²) in [6.45, 7) is 14.7. The van der Waals surface area contributed by atoms with Crippen LogP contribution in [0.25, 0.3) is 11.1 Å². The minimum atomic E-state index is -3.69. The summed E-state index contributed by atoms with van der Waals surface area (Å²) in [4.78, 5) is 20.0. The largest absolute Gasteiger partial charge is 0.496 e. The van der Waals surface area contributed by atoms with Crippen LogP contribution in [0.4, 0.5) is 0 Å². The van der Waals surface area contributed by atoms with Crippen molar-refractivity contribution in [2.45, 2.75) is 65.4 Å². The lowest BCUT2D eigenvalue weighted by atomic mass is 9.80. The number of sulfonamides is 1. The van der Waals surface area contributed by atoms with E-state index >= 15 is 0 Å². The van der Waals surface area contributed by atoms with E-state index in [0.29, 0.717) is 61.1 Å². The molecule has 0 N–H and O–H groups in total. The zero-order valence-electron chi connectivity index (χ0n) is 28.0. The topological polar surface area (TPSA) is 93.4 Å². The summed E-state index contributed by atoms with van der Waals surface area (Å²) < 4.78 is 43.0. The fourth-order valence-corrected chi connectivity index (χ4v) is 8.13. The average molecular weight is 635 g/mol. The first-order chi connectivity index (χ1) is 21.2. The molecule has 1 saturated heterocycles. The van der Waals surface area contributed by atoms with Crippen LogP contribution >= 0.6 is 0 Å². The molecule has 2 aliphatic heterocycles. The second-order valence-electron chi connectivity index (χ2n) is 13.3. The molecule has 1 fully saturated rings. The van der Waals surface area contributed by atoms with Crippen LogP contribution in [-0.2, 0) is 30.0 Å². The van der Waals surface area contributed by atoms with Crippen molar-refractivity contribution in [2.24, 2.45) is 17.5 Å². The monoisotopic (exact) mass is 634 g/mol. The van der Waals surface area contributed by atoms with Crippen molar-refractivity contribution in [3.63, 3.8) is 0 Å². The number of aromatic nitrogens is 1. The Morgan fingerprint density at radius 2 is 1.56 bits per heavy atom. The van der Waals surface area contributed by atoms with Gasteiger partial charge in [0.1, 0.15) is 11.5 Å². The van der Waals surface area contributed by atoms with E-state index in [9.17, 15) is 13.2 Å². The molecule has 10 heteroatoms. The van der Waals surface area contributed by atoms with Crippen molar-refractivity contribution >= 4 is 15.7 Å². The molecule has 0 spiro atoms.